The topological polar surface area (TPSA) is 102 Å². The van der Waals surface area contributed by atoms with E-state index in [0.717, 1.165) is 90.1 Å². The average Bonchev–Trinajstić information content (AvgIpc) is 3.57. The van der Waals surface area contributed by atoms with Crippen LogP contribution in [0.3, 0.4) is 0 Å². The lowest BCUT2D eigenvalue weighted by molar-refractivity contribution is 0.471. The zero-order valence-corrected chi connectivity index (χ0v) is 40.6. The van der Waals surface area contributed by atoms with E-state index in [1.165, 1.54) is 0 Å². The Hall–Kier alpha value is -10.6. The molecule has 10 nitrogen and oxygen atoms in total. The molecule has 0 bridgehead atoms. The van der Waals surface area contributed by atoms with Crippen LogP contribution < -0.4 is 19.3 Å². The first-order valence-electron chi connectivity index (χ1n) is 25.0. The van der Waals surface area contributed by atoms with Crippen molar-refractivity contribution in [3.8, 4) is 102 Å². The Kier molecular flexibility index (Phi) is 10.9. The van der Waals surface area contributed by atoms with Crippen molar-refractivity contribution in [1.29, 1.82) is 0 Å². The van der Waals surface area contributed by atoms with Crippen LogP contribution in [0.5, 0.6) is 23.0 Å². The Morgan fingerprint density at radius 3 is 0.803 bits per heavy atom. The number of ether oxygens (including phenoxy) is 2. The van der Waals surface area contributed by atoms with Crippen LogP contribution in [0, 0.1) is 0 Å². The van der Waals surface area contributed by atoms with Gasteiger partial charge in [-0.05, 0) is 84.9 Å². The number of aromatic nitrogens is 6. The van der Waals surface area contributed by atoms with E-state index in [1.54, 1.807) is 0 Å². The van der Waals surface area contributed by atoms with Crippen molar-refractivity contribution >= 4 is 34.1 Å². The lowest BCUT2D eigenvalue weighted by atomic mass is 9.98. The quantitative estimate of drug-likeness (QED) is 0.139. The molecule has 14 rings (SSSR count). The van der Waals surface area contributed by atoms with Gasteiger partial charge in [-0.1, -0.05) is 170 Å². The Morgan fingerprint density at radius 2 is 0.487 bits per heavy atom. The van der Waals surface area contributed by atoms with Crippen molar-refractivity contribution in [3.63, 3.8) is 0 Å². The summed E-state index contributed by atoms with van der Waals surface area (Å²) in [6.07, 6.45) is 0. The van der Waals surface area contributed by atoms with Gasteiger partial charge in [0, 0.05) is 55.9 Å². The number of hydrogen-bond acceptors (Lipinski definition) is 10. The van der Waals surface area contributed by atoms with Crippen LogP contribution in [0.2, 0.25) is 0 Å². The summed E-state index contributed by atoms with van der Waals surface area (Å²) < 4.78 is 13.9. The normalized spacial score (nSPS) is 12.1. The molecular weight excluding hydrogens is 937 g/mol. The summed E-state index contributed by atoms with van der Waals surface area (Å²) >= 11 is 0. The third-order valence-electron chi connectivity index (χ3n) is 13.6. The van der Waals surface area contributed by atoms with Gasteiger partial charge in [0.1, 0.15) is 0 Å². The second kappa shape index (κ2) is 18.8. The van der Waals surface area contributed by atoms with Crippen LogP contribution in [0.15, 0.2) is 255 Å². The molecule has 0 spiro atoms. The summed E-state index contributed by atoms with van der Waals surface area (Å²) in [5, 5.41) is 0. The maximum atomic E-state index is 6.96. The molecule has 0 saturated heterocycles. The van der Waals surface area contributed by atoms with Crippen molar-refractivity contribution in [1.82, 2.24) is 29.9 Å². The molecule has 4 heterocycles. The fraction of sp³-hybridized carbons (Fsp3) is 0. The Morgan fingerprint density at radius 1 is 0.224 bits per heavy atom. The van der Waals surface area contributed by atoms with Gasteiger partial charge < -0.3 is 19.3 Å². The Labute approximate surface area is 438 Å². The van der Waals surface area contributed by atoms with Crippen molar-refractivity contribution in [2.24, 2.45) is 0 Å². The highest BCUT2D eigenvalue weighted by Crippen LogP contribution is 2.58. The number of benzene rings is 10. The molecule has 0 atom stereocenters. The Bertz CT molecular complexity index is 3720. The first kappa shape index (κ1) is 44.1. The lowest BCUT2D eigenvalue weighted by Crippen LogP contribution is -2.17. The number of rotatable bonds is 9. The summed E-state index contributed by atoms with van der Waals surface area (Å²) in [6, 6.07) is 85.7. The minimum atomic E-state index is 0.586. The van der Waals surface area contributed by atoms with E-state index in [0.29, 0.717) is 46.4 Å². The summed E-state index contributed by atoms with van der Waals surface area (Å²) in [4.78, 5) is 34.3. The second-order valence-electron chi connectivity index (χ2n) is 18.3. The molecule has 0 aliphatic carbocycles. The van der Waals surface area contributed by atoms with Crippen LogP contribution in [-0.2, 0) is 0 Å². The van der Waals surface area contributed by atoms with E-state index in [-0.39, 0.29) is 0 Å². The molecule has 0 fully saturated rings. The zero-order chi connectivity index (χ0) is 50.4. The molecule has 2 aliphatic heterocycles. The molecule has 2 aromatic heterocycles. The van der Waals surface area contributed by atoms with E-state index in [2.05, 4.69) is 107 Å². The lowest BCUT2D eigenvalue weighted by Gasteiger charge is -2.35. The van der Waals surface area contributed by atoms with Crippen LogP contribution in [0.25, 0.3) is 79.5 Å². The minimum Gasteiger partial charge on any atom is -0.452 e. The molecule has 2 aliphatic rings. The molecule has 76 heavy (non-hydrogen) atoms. The van der Waals surface area contributed by atoms with Gasteiger partial charge in [0.05, 0.1) is 22.7 Å². The Balaban J connectivity index is 0.837. The number of fused-ring (bicyclic) bond motifs is 4. The maximum absolute atomic E-state index is 6.96. The first-order chi connectivity index (χ1) is 37.7. The van der Waals surface area contributed by atoms with Gasteiger partial charge in [0.15, 0.2) is 57.9 Å². The second-order valence-corrected chi connectivity index (χ2v) is 18.3. The number of anilines is 6. The van der Waals surface area contributed by atoms with Crippen LogP contribution in [-0.4, -0.2) is 29.9 Å². The minimum absolute atomic E-state index is 0.586. The third kappa shape index (κ3) is 8.03. The van der Waals surface area contributed by atoms with Crippen LogP contribution in [0.4, 0.5) is 34.1 Å². The fourth-order valence-electron chi connectivity index (χ4n) is 9.93. The van der Waals surface area contributed by atoms with E-state index in [1.807, 2.05) is 158 Å². The molecule has 10 heteroatoms. The van der Waals surface area contributed by atoms with Gasteiger partial charge in [0.25, 0.3) is 0 Å². The smallest absolute Gasteiger partial charge is 0.164 e. The van der Waals surface area contributed by atoms with Crippen molar-refractivity contribution in [3.05, 3.63) is 255 Å². The largest absolute Gasteiger partial charge is 0.452 e. The number of hydrogen-bond donors (Lipinski definition) is 0. The molecule has 0 N–H and O–H groups in total. The van der Waals surface area contributed by atoms with Gasteiger partial charge in [0.2, 0.25) is 0 Å². The standard InChI is InChI=1S/C66H42N8O2/c1-5-19-43(20-6-1)61-67-62(44-21-7-2-8-22-44)70-65(69-61)47-35-39-49(40-36-47)73-53-29-13-15-33-57(53)75-59-51(27-17-31-55(59)73)52-28-18-32-56-60(52)76-58-34-16-14-30-54(58)74(56)50-41-37-48(38-42-50)66-71-63(45-23-9-3-10-24-45)68-64(72-66)46-25-11-4-12-26-46/h1-42H. The molecule has 0 saturated carbocycles. The highest BCUT2D eigenvalue weighted by molar-refractivity contribution is 5.97. The number of nitrogens with zero attached hydrogens (tertiary/aromatic N) is 8. The van der Waals surface area contributed by atoms with E-state index < -0.39 is 0 Å². The molecule has 10 aromatic carbocycles. The predicted molar refractivity (Wildman–Crippen MR) is 301 cm³/mol. The van der Waals surface area contributed by atoms with Crippen LogP contribution in [0.1, 0.15) is 0 Å². The summed E-state index contributed by atoms with van der Waals surface area (Å²) in [7, 11) is 0. The SMILES string of the molecule is c1ccc(-c2nc(-c3ccccc3)nc(-c3ccc(N4c5ccccc5Oc5c(-c6cccc7c6Oc6ccccc6N7c6ccc(-c7nc(-c8ccccc8)nc(-c8ccccc8)n7)cc6)cccc54)cc3)n2)cc1. The van der Waals surface area contributed by atoms with Crippen molar-refractivity contribution in [2.45, 2.75) is 0 Å². The van der Waals surface area contributed by atoms with Crippen LogP contribution >= 0.6 is 0 Å². The highest BCUT2D eigenvalue weighted by atomic mass is 16.5. The van der Waals surface area contributed by atoms with Gasteiger partial charge in [-0.15, -0.1) is 0 Å². The average molecular weight is 979 g/mol. The maximum Gasteiger partial charge on any atom is 0.164 e. The van der Waals surface area contributed by atoms with E-state index >= 15 is 0 Å². The van der Waals surface area contributed by atoms with Crippen molar-refractivity contribution in [2.75, 3.05) is 9.80 Å². The summed E-state index contributed by atoms with van der Waals surface area (Å²) in [5.41, 5.74) is 12.6. The van der Waals surface area contributed by atoms with Gasteiger partial charge in [-0.3, -0.25) is 0 Å². The fourth-order valence-corrected chi connectivity index (χ4v) is 9.93. The third-order valence-corrected chi connectivity index (χ3v) is 13.6. The summed E-state index contributed by atoms with van der Waals surface area (Å²) in [5.74, 6) is 6.48. The molecule has 12 aromatic rings. The first-order valence-corrected chi connectivity index (χ1v) is 25.0. The highest BCUT2D eigenvalue weighted by Gasteiger charge is 2.33. The molecular formula is C66H42N8O2. The monoisotopic (exact) mass is 978 g/mol. The zero-order valence-electron chi connectivity index (χ0n) is 40.6. The molecule has 0 amide bonds. The summed E-state index contributed by atoms with van der Waals surface area (Å²) in [6.45, 7) is 0. The van der Waals surface area contributed by atoms with E-state index in [9.17, 15) is 0 Å². The van der Waals surface area contributed by atoms with E-state index in [4.69, 9.17) is 39.4 Å². The van der Waals surface area contributed by atoms with Gasteiger partial charge in [-0.25, -0.2) is 29.9 Å². The van der Waals surface area contributed by atoms with Gasteiger partial charge in [-0.2, -0.15) is 0 Å². The molecule has 358 valence electrons. The number of para-hydroxylation sites is 6. The molecule has 0 unspecified atom stereocenters. The molecule has 0 radical (unpaired) electrons. The van der Waals surface area contributed by atoms with Crippen molar-refractivity contribution < 1.29 is 9.47 Å². The predicted octanol–water partition coefficient (Wildman–Crippen LogP) is 16.9. The van der Waals surface area contributed by atoms with Gasteiger partial charge >= 0.3 is 0 Å².